The number of carbonyl (C=O) groups is 6. The molecule has 2 aromatic rings. The maximum absolute atomic E-state index is 14.3. The Balaban J connectivity index is 1.86. The fraction of sp³-hybridized carbons (Fsp3) is 0.515. The third-order valence-electron chi connectivity index (χ3n) is 8.01. The molecule has 1 aliphatic carbocycles. The van der Waals surface area contributed by atoms with E-state index in [2.05, 4.69) is 30.8 Å². The second-order valence-corrected chi connectivity index (χ2v) is 13.3. The molecule has 2 atom stereocenters. The number of hydrogen-bond donors (Lipinski definition) is 3. The van der Waals surface area contributed by atoms with Crippen LogP contribution in [0.15, 0.2) is 34.8 Å². The summed E-state index contributed by atoms with van der Waals surface area (Å²) in [5, 5.41) is 12.6. The highest BCUT2D eigenvalue weighted by Gasteiger charge is 2.45. The SMILES string of the molecule is CO/N=C(/C(=O)N[C@H](C(=O)N(CC(=O)N[C@@H](C(=O)C(F)(F)F)C(C)C)C1Cc2ccccc2C1)C(C)C)c1csc(NC(=O)CCC(=O)OC)n1. The highest BCUT2D eigenvalue weighted by molar-refractivity contribution is 7.14. The zero-order valence-corrected chi connectivity index (χ0v) is 29.8. The number of aromatic nitrogens is 1. The number of oxime groups is 1. The largest absolute Gasteiger partial charge is 0.469 e. The second-order valence-electron chi connectivity index (χ2n) is 12.4. The van der Waals surface area contributed by atoms with Crippen molar-refractivity contribution in [3.8, 4) is 0 Å². The van der Waals surface area contributed by atoms with Crippen molar-refractivity contribution in [2.75, 3.05) is 26.1 Å². The van der Waals surface area contributed by atoms with Crippen LogP contribution >= 0.6 is 11.3 Å². The lowest BCUT2D eigenvalue weighted by atomic mass is 9.99. The van der Waals surface area contributed by atoms with Crippen molar-refractivity contribution in [2.45, 2.75) is 77.7 Å². The van der Waals surface area contributed by atoms with Crippen molar-refractivity contribution in [3.63, 3.8) is 0 Å². The van der Waals surface area contributed by atoms with Crippen LogP contribution in [0.4, 0.5) is 18.3 Å². The molecule has 0 fully saturated rings. The predicted molar refractivity (Wildman–Crippen MR) is 179 cm³/mol. The fourth-order valence-corrected chi connectivity index (χ4v) is 6.08. The Bertz CT molecular complexity index is 1620. The van der Waals surface area contributed by atoms with Crippen LogP contribution in [0, 0.1) is 11.8 Å². The number of Topliss-reactive ketones (excluding diaryl/α,β-unsaturated/α-hetero) is 1. The summed E-state index contributed by atoms with van der Waals surface area (Å²) in [6.45, 7) is 5.34. The lowest BCUT2D eigenvalue weighted by Gasteiger charge is -2.34. The van der Waals surface area contributed by atoms with Gasteiger partial charge in [0.2, 0.25) is 17.7 Å². The number of amides is 4. The Morgan fingerprint density at radius 3 is 2.08 bits per heavy atom. The molecule has 1 aliphatic rings. The molecular weight excluding hydrogens is 697 g/mol. The summed E-state index contributed by atoms with van der Waals surface area (Å²) < 4.78 is 44.5. The number of ketones is 1. The molecule has 4 amide bonds. The molecule has 278 valence electrons. The molecule has 51 heavy (non-hydrogen) atoms. The van der Waals surface area contributed by atoms with E-state index in [0.717, 1.165) is 22.5 Å². The number of nitrogens with one attached hydrogen (secondary N) is 3. The summed E-state index contributed by atoms with van der Waals surface area (Å²) in [5.41, 5.74) is 1.49. The number of carbonyl (C=O) groups excluding carboxylic acids is 6. The number of benzene rings is 1. The van der Waals surface area contributed by atoms with Crippen LogP contribution in [0.3, 0.4) is 0 Å². The Morgan fingerprint density at radius 1 is 0.941 bits per heavy atom. The predicted octanol–water partition coefficient (Wildman–Crippen LogP) is 2.79. The van der Waals surface area contributed by atoms with Crippen LogP contribution < -0.4 is 16.0 Å². The van der Waals surface area contributed by atoms with Gasteiger partial charge in [-0.05, 0) is 35.8 Å². The van der Waals surface area contributed by atoms with Gasteiger partial charge < -0.3 is 30.4 Å². The Kier molecular flexibility index (Phi) is 14.2. The quantitative estimate of drug-likeness (QED) is 0.132. The third-order valence-corrected chi connectivity index (χ3v) is 8.76. The van der Waals surface area contributed by atoms with E-state index < -0.39 is 78.1 Å². The first-order valence-electron chi connectivity index (χ1n) is 16.0. The van der Waals surface area contributed by atoms with Crippen LogP contribution in [-0.4, -0.2) is 96.0 Å². The van der Waals surface area contributed by atoms with Crippen LogP contribution in [0.1, 0.15) is 57.4 Å². The second kappa shape index (κ2) is 17.9. The van der Waals surface area contributed by atoms with Gasteiger partial charge in [-0.25, -0.2) is 4.98 Å². The van der Waals surface area contributed by atoms with Crippen molar-refractivity contribution in [2.24, 2.45) is 17.0 Å². The van der Waals surface area contributed by atoms with Gasteiger partial charge in [-0.2, -0.15) is 13.2 Å². The van der Waals surface area contributed by atoms with Gasteiger partial charge in [-0.15, -0.1) is 11.3 Å². The van der Waals surface area contributed by atoms with Crippen molar-refractivity contribution in [1.82, 2.24) is 20.5 Å². The first-order chi connectivity index (χ1) is 24.0. The standard InChI is InChI=1S/C33H41F3N6O8S/c1-17(2)26(29(46)33(34,35)36)38-24(44)15-42(21-13-19-9-7-8-10-20(19)14-21)31(48)27(18(3)4)40-30(47)28(41-50-6)22-16-51-32(37-22)39-23(43)11-12-25(45)49-5/h7-10,16-18,21,26-27H,11-15H2,1-6H3,(H,38,44)(H,40,47)(H,37,39,43)/b41-28+/t26-,27+/m1/s1. The summed E-state index contributed by atoms with van der Waals surface area (Å²) in [6.07, 6.45) is -4.83. The van der Waals surface area contributed by atoms with Gasteiger partial charge in [0, 0.05) is 17.8 Å². The maximum atomic E-state index is 14.3. The molecule has 0 spiro atoms. The molecule has 0 radical (unpaired) electrons. The number of halogens is 3. The van der Waals surface area contributed by atoms with Crippen LogP contribution in [0.2, 0.25) is 0 Å². The van der Waals surface area contributed by atoms with E-state index in [9.17, 15) is 41.9 Å². The van der Waals surface area contributed by atoms with E-state index in [1.807, 2.05) is 24.3 Å². The van der Waals surface area contributed by atoms with Crippen molar-refractivity contribution in [1.29, 1.82) is 0 Å². The van der Waals surface area contributed by atoms with E-state index in [0.29, 0.717) is 12.8 Å². The van der Waals surface area contributed by atoms with Gasteiger partial charge in [-0.1, -0.05) is 57.1 Å². The number of nitrogens with zero attached hydrogens (tertiary/aromatic N) is 3. The molecule has 14 nitrogen and oxygen atoms in total. The molecule has 0 unspecified atom stereocenters. The van der Waals surface area contributed by atoms with E-state index in [1.165, 1.54) is 38.3 Å². The molecule has 1 aromatic heterocycles. The number of esters is 1. The Morgan fingerprint density at radius 2 is 1.55 bits per heavy atom. The summed E-state index contributed by atoms with van der Waals surface area (Å²) in [6, 6.07) is 3.66. The van der Waals surface area contributed by atoms with Gasteiger partial charge in [0.05, 0.1) is 26.1 Å². The Labute approximate surface area is 296 Å². The maximum Gasteiger partial charge on any atom is 0.452 e. The summed E-state index contributed by atoms with van der Waals surface area (Å²) in [4.78, 5) is 87.2. The molecule has 18 heteroatoms. The lowest BCUT2D eigenvalue weighted by Crippen LogP contribution is -2.58. The Hall–Kier alpha value is -4.87. The van der Waals surface area contributed by atoms with E-state index in [4.69, 9.17) is 4.84 Å². The summed E-state index contributed by atoms with van der Waals surface area (Å²) in [5.74, 6) is -7.22. The van der Waals surface area contributed by atoms with E-state index >= 15 is 0 Å². The molecule has 0 saturated heterocycles. The lowest BCUT2D eigenvalue weighted by molar-refractivity contribution is -0.175. The molecule has 3 N–H and O–H groups in total. The normalized spacial score (nSPS) is 14.4. The smallest absolute Gasteiger partial charge is 0.452 e. The average molecular weight is 739 g/mol. The number of hydrogen-bond acceptors (Lipinski definition) is 11. The van der Waals surface area contributed by atoms with Crippen molar-refractivity contribution < 1.29 is 51.5 Å². The van der Waals surface area contributed by atoms with Crippen molar-refractivity contribution in [3.05, 3.63) is 46.5 Å². The van der Waals surface area contributed by atoms with Gasteiger partial charge in [0.25, 0.3) is 11.7 Å². The van der Waals surface area contributed by atoms with Crippen LogP contribution in [0.5, 0.6) is 0 Å². The minimum absolute atomic E-state index is 0.00546. The minimum atomic E-state index is -5.19. The molecule has 0 aliphatic heterocycles. The minimum Gasteiger partial charge on any atom is -0.469 e. The first kappa shape index (κ1) is 40.6. The highest BCUT2D eigenvalue weighted by atomic mass is 32.1. The third kappa shape index (κ3) is 11.1. The molecular formula is C33H41F3N6O8S. The zero-order chi connectivity index (χ0) is 38.0. The average Bonchev–Trinajstić information content (AvgIpc) is 3.71. The molecule has 3 rings (SSSR count). The fourth-order valence-electron chi connectivity index (χ4n) is 5.37. The highest BCUT2D eigenvalue weighted by Crippen LogP contribution is 2.27. The number of methoxy groups -OCH3 is 1. The molecule has 0 bridgehead atoms. The number of fused-ring (bicyclic) bond motifs is 1. The number of anilines is 1. The van der Waals surface area contributed by atoms with Gasteiger partial charge in [-0.3, -0.25) is 28.8 Å². The number of ether oxygens (including phenoxy) is 1. The van der Waals surface area contributed by atoms with Gasteiger partial charge in [0.1, 0.15) is 18.8 Å². The number of alkyl halides is 3. The summed E-state index contributed by atoms with van der Waals surface area (Å²) >= 11 is 0.964. The molecule has 1 aromatic carbocycles. The monoisotopic (exact) mass is 738 g/mol. The zero-order valence-electron chi connectivity index (χ0n) is 29.0. The molecule has 1 heterocycles. The molecule has 0 saturated carbocycles. The van der Waals surface area contributed by atoms with Gasteiger partial charge in [0.15, 0.2) is 10.8 Å². The summed E-state index contributed by atoms with van der Waals surface area (Å²) in [7, 11) is 2.38. The number of rotatable bonds is 16. The van der Waals surface area contributed by atoms with E-state index in [1.54, 1.807) is 13.8 Å². The van der Waals surface area contributed by atoms with E-state index in [-0.39, 0.29) is 29.4 Å². The number of thiazole rings is 1. The van der Waals surface area contributed by atoms with Gasteiger partial charge >= 0.3 is 12.1 Å². The topological polar surface area (TPSA) is 185 Å². The first-order valence-corrected chi connectivity index (χ1v) is 16.9. The van der Waals surface area contributed by atoms with Crippen LogP contribution in [0.25, 0.3) is 0 Å². The van der Waals surface area contributed by atoms with Crippen molar-refractivity contribution >= 4 is 57.6 Å². The van der Waals surface area contributed by atoms with Crippen LogP contribution in [-0.2, 0) is 51.2 Å².